The Bertz CT molecular complexity index is 7110. The fraction of sp³-hybridized carbons (Fsp3) is 0.188. The lowest BCUT2D eigenvalue weighted by atomic mass is 9.90. The summed E-state index contributed by atoms with van der Waals surface area (Å²) in [6.45, 7) is 12.5. The maximum Gasteiger partial charge on any atom is 0.213 e. The summed E-state index contributed by atoms with van der Waals surface area (Å²) in [6.07, 6.45) is 11.4. The monoisotopic (exact) mass is 2120 g/mol. The van der Waals surface area contributed by atoms with Gasteiger partial charge in [0.15, 0.2) is 0 Å². The summed E-state index contributed by atoms with van der Waals surface area (Å²) >= 11 is 18.9. The van der Waals surface area contributed by atoms with E-state index in [0.717, 1.165) is 169 Å². The quantitative estimate of drug-likeness (QED) is 0.0377. The maximum absolute atomic E-state index is 5.49. The van der Waals surface area contributed by atoms with E-state index < -0.39 is 0 Å². The first-order valence-electron chi connectivity index (χ1n) is 45.4. The molecule has 6 aliphatic heterocycles. The largest absolute Gasteiger partial charge is 0.237 e. The van der Waals surface area contributed by atoms with Crippen LogP contribution in [0.4, 0.5) is 0 Å². The lowest BCUT2D eigenvalue weighted by Gasteiger charge is -2.27. The van der Waals surface area contributed by atoms with Gasteiger partial charge in [-0.2, -0.15) is 89.3 Å². The van der Waals surface area contributed by atoms with E-state index >= 15 is 0 Å². The van der Waals surface area contributed by atoms with Crippen LogP contribution in [-0.2, 0) is 34.5 Å². The van der Waals surface area contributed by atoms with Gasteiger partial charge in [-0.05, 0) is 148 Å². The Kier molecular flexibility index (Phi) is 25.4. The van der Waals surface area contributed by atoms with Crippen molar-refractivity contribution in [3.8, 4) is 34.1 Å². The van der Waals surface area contributed by atoms with Crippen LogP contribution in [0.3, 0.4) is 0 Å². The molecule has 36 nitrogen and oxygen atoms in total. The van der Waals surface area contributed by atoms with E-state index in [1.807, 2.05) is 203 Å². The minimum Gasteiger partial charge on any atom is -0.237 e. The van der Waals surface area contributed by atoms with Crippen LogP contribution >= 0.6 is 141 Å². The molecule has 0 aliphatic carbocycles. The Labute approximate surface area is 872 Å². The molecule has 6 aliphatic rings. The molecule has 0 fully saturated rings. The summed E-state index contributed by atoms with van der Waals surface area (Å²) in [5.74, 6) is 5.17. The van der Waals surface area contributed by atoms with E-state index in [9.17, 15) is 0 Å². The predicted octanol–water partition coefficient (Wildman–Crippen LogP) is 18.1. The molecule has 0 atom stereocenters. The summed E-state index contributed by atoms with van der Waals surface area (Å²) in [4.78, 5) is 0. The molecule has 25 rings (SSSR count). The number of thioether (sulfide) groups is 12. The van der Waals surface area contributed by atoms with E-state index in [4.69, 9.17) is 122 Å². The Balaban J connectivity index is 0.691. The van der Waals surface area contributed by atoms with E-state index in [2.05, 4.69) is 114 Å². The molecule has 0 saturated carbocycles. The van der Waals surface area contributed by atoms with Crippen LogP contribution in [-0.4, -0.2) is 217 Å². The first-order valence-corrected chi connectivity index (χ1v) is 57.2. The number of aromatic nitrogens is 30. The van der Waals surface area contributed by atoms with Crippen LogP contribution in [0.2, 0.25) is 0 Å². The number of rotatable bonds is 30. The van der Waals surface area contributed by atoms with Crippen LogP contribution < -0.4 is 0 Å². The van der Waals surface area contributed by atoms with Gasteiger partial charge < -0.3 is 0 Å². The molecule has 18 heterocycles. The van der Waals surface area contributed by atoms with E-state index in [1.54, 1.807) is 141 Å². The fourth-order valence-corrected chi connectivity index (χ4v) is 28.8. The van der Waals surface area contributed by atoms with Crippen molar-refractivity contribution in [2.75, 3.05) is 34.5 Å². The second kappa shape index (κ2) is 39.8. The van der Waals surface area contributed by atoms with Crippen LogP contribution in [0, 0.1) is 41.5 Å². The van der Waals surface area contributed by atoms with Gasteiger partial charge in [0.2, 0.25) is 61.9 Å². The number of nitrogens with zero attached hydrogens (tertiary/aromatic N) is 36. The third-order valence-corrected chi connectivity index (χ3v) is 36.3. The Morgan fingerprint density at radius 1 is 0.201 bits per heavy atom. The highest BCUT2D eigenvalue weighted by atomic mass is 32.2. The SMILES string of the molecule is Cc1c(C2=Nn3c(nnc3SCc3c(CSc4nnc5n4N=C(c4cnn(-c6ccccc6)c4C)CS5)c(CSc4nnc5n4N=C(c4cnn(-c6ccccc6)c4C)CS5)c(CSc4nnc5n4N=C(c4cnn(-c6ccccc6)c4C)CS5)c(CSc4nnc5n4N=C(c4cnn(-c6ccccc6)c4C)CS5)c3CSc3nnc4n3N=C(c3cnn(-c5ccccc5)c3C)CS4)SC2)cnn1-c1ccccc1. The minimum absolute atomic E-state index is 0.322. The van der Waals surface area contributed by atoms with Crippen LogP contribution in [0.15, 0.2) is 312 Å². The normalized spacial score (nSPS) is 14.3. The lowest BCUT2D eigenvalue weighted by molar-refractivity contribution is 0.692. The third kappa shape index (κ3) is 17.5. The summed E-state index contributed by atoms with van der Waals surface area (Å²) in [7, 11) is 0. The third-order valence-electron chi connectivity index (χ3n) is 25.0. The highest BCUT2D eigenvalue weighted by molar-refractivity contribution is 8.02. The van der Waals surface area contributed by atoms with Gasteiger partial charge in [-0.3, -0.25) is 0 Å². The average molecular weight is 2120 g/mol. The molecule has 12 aromatic heterocycles. The molecule has 0 spiro atoms. The standard InChI is InChI=1S/C96H78N36S12/c1-55-67(37-97-121(55)61-25-13-7-14-26-61)79-49-139-91-109-103-85(127(91)115-79)133-43-73-74(44-134-86-104-110-92-128(86)116-80(50-140-92)68-38-98-122(56(68)2)62-27-15-8-16-28-62)76(46-136-88-106-112-94-130(88)118-82(52-142-94)70-40-100-124(58(70)4)64-31-19-10-20-32-64)78(48-138-90-108-114-96-132(90)120-84(54-144-96)72-42-102-126(60(72)6)66-35-23-12-24-36-66)77(47-137-89-107-113-95-131(89)119-83(53-143-95)71-41-101-125(59(71)5)65-33-21-11-22-34-65)75(73)45-135-87-105-111-93-129(87)117-81(51-141-93)69-39-99-123(57(69)3)63-29-17-9-18-30-63/h7-42H,43-54H2,1-6H3. The van der Waals surface area contributed by atoms with E-state index in [0.29, 0.717) is 131 Å². The molecule has 19 aromatic rings. The summed E-state index contributed by atoms with van der Waals surface area (Å²) < 4.78 is 23.1. The smallest absolute Gasteiger partial charge is 0.213 e. The van der Waals surface area contributed by atoms with Gasteiger partial charge in [-0.25, -0.2) is 28.1 Å². The number of hydrogen-bond acceptors (Lipinski definition) is 36. The number of benzene rings is 7. The Hall–Kier alpha value is -13.1. The summed E-state index contributed by atoms with van der Waals surface area (Å²) in [5, 5.41) is 130. The van der Waals surface area contributed by atoms with Crippen molar-refractivity contribution in [1.82, 2.24) is 148 Å². The first-order chi connectivity index (χ1) is 70.9. The van der Waals surface area contributed by atoms with Gasteiger partial charge >= 0.3 is 0 Å². The van der Waals surface area contributed by atoms with Crippen molar-refractivity contribution in [3.05, 3.63) is 320 Å². The van der Waals surface area contributed by atoms with Crippen molar-refractivity contribution in [2.45, 2.75) is 138 Å². The molecule has 714 valence electrons. The zero-order chi connectivity index (χ0) is 96.6. The van der Waals surface area contributed by atoms with Crippen molar-refractivity contribution in [3.63, 3.8) is 0 Å². The fourth-order valence-electron chi connectivity index (χ4n) is 17.7. The van der Waals surface area contributed by atoms with E-state index in [1.165, 1.54) is 0 Å². The molecule has 0 radical (unpaired) electrons. The van der Waals surface area contributed by atoms with Crippen LogP contribution in [0.1, 0.15) is 101 Å². The number of hydrogen-bond donors (Lipinski definition) is 0. The zero-order valence-electron chi connectivity index (χ0n) is 77.3. The molecule has 48 heteroatoms. The van der Waals surface area contributed by atoms with Gasteiger partial charge in [0.05, 0.1) is 140 Å². The maximum atomic E-state index is 5.49. The van der Waals surface area contributed by atoms with E-state index in [-0.39, 0.29) is 0 Å². The Morgan fingerprint density at radius 2 is 0.347 bits per heavy atom. The first kappa shape index (κ1) is 92.0. The summed E-state index contributed by atoms with van der Waals surface area (Å²) in [6, 6.07) is 61.0. The number of fused-ring (bicyclic) bond motifs is 6. The molecule has 7 aromatic carbocycles. The molecular formula is C96H78N36S12. The molecule has 0 amide bonds. The average Bonchev–Trinajstić information content (AvgIpc) is 0.853. The second-order valence-corrected chi connectivity index (χ2v) is 44.7. The zero-order valence-corrected chi connectivity index (χ0v) is 87.1. The number of para-hydroxylation sites is 6. The van der Waals surface area contributed by atoms with Crippen molar-refractivity contribution < 1.29 is 0 Å². The van der Waals surface area contributed by atoms with Gasteiger partial charge in [0.1, 0.15) is 0 Å². The van der Waals surface area contributed by atoms with Crippen molar-refractivity contribution in [1.29, 1.82) is 0 Å². The topological polar surface area (TPSA) is 365 Å². The van der Waals surface area contributed by atoms with Gasteiger partial charge in [0, 0.05) is 102 Å². The highest BCUT2D eigenvalue weighted by Crippen LogP contribution is 2.48. The van der Waals surface area contributed by atoms with Gasteiger partial charge in [-0.15, -0.1) is 61.2 Å². The lowest BCUT2D eigenvalue weighted by Crippen LogP contribution is -2.16. The van der Waals surface area contributed by atoms with Crippen LogP contribution in [0.25, 0.3) is 34.1 Å². The molecular weight excluding hydrogens is 2040 g/mol. The van der Waals surface area contributed by atoms with Crippen LogP contribution in [0.5, 0.6) is 0 Å². The van der Waals surface area contributed by atoms with Gasteiger partial charge in [0.25, 0.3) is 0 Å². The molecule has 0 bridgehead atoms. The van der Waals surface area contributed by atoms with Gasteiger partial charge in [-0.1, -0.05) is 250 Å². The predicted molar refractivity (Wildman–Crippen MR) is 570 cm³/mol. The summed E-state index contributed by atoms with van der Waals surface area (Å²) in [5.41, 5.74) is 27.9. The van der Waals surface area contributed by atoms with Crippen molar-refractivity contribution >= 4 is 175 Å². The molecule has 0 unspecified atom stereocenters. The second-order valence-electron chi connectivity index (χ2n) is 33.4. The minimum atomic E-state index is 0.322. The molecule has 0 N–H and O–H groups in total. The molecule has 144 heavy (non-hydrogen) atoms. The highest BCUT2D eigenvalue weighted by Gasteiger charge is 2.36. The molecule has 0 saturated heterocycles. The Morgan fingerprint density at radius 3 is 0.493 bits per heavy atom. The van der Waals surface area contributed by atoms with Crippen molar-refractivity contribution in [2.24, 2.45) is 30.6 Å².